The molecule has 3 aliphatic carbocycles. The van der Waals surface area contributed by atoms with Crippen LogP contribution in [-0.4, -0.2) is 11.6 Å². The average molecular weight is 563 g/mol. The molecule has 206 valence electrons. The van der Waals surface area contributed by atoms with Gasteiger partial charge in [0.25, 0.3) is 0 Å². The molecule has 0 atom stereocenters. The minimum Gasteiger partial charge on any atom is -0.293 e. The Hall–Kier alpha value is -5.22. The van der Waals surface area contributed by atoms with E-state index in [-0.39, 0.29) is 17.5 Å². The van der Waals surface area contributed by atoms with E-state index in [4.69, 9.17) is 0 Å². The van der Waals surface area contributed by atoms with Crippen LogP contribution in [0.5, 0.6) is 0 Å². The van der Waals surface area contributed by atoms with Crippen molar-refractivity contribution in [3.63, 3.8) is 0 Å². The van der Waals surface area contributed by atoms with Gasteiger partial charge in [-0.2, -0.15) is 0 Å². The van der Waals surface area contributed by atoms with Gasteiger partial charge in [0.15, 0.2) is 11.6 Å². The van der Waals surface area contributed by atoms with Crippen LogP contribution >= 0.6 is 0 Å². The third-order valence-electron chi connectivity index (χ3n) is 9.39. The van der Waals surface area contributed by atoms with E-state index >= 15 is 8.78 Å². The number of halogens is 2. The zero-order valence-corrected chi connectivity index (χ0v) is 23.0. The van der Waals surface area contributed by atoms with E-state index in [0.717, 1.165) is 44.5 Å². The minimum atomic E-state index is -1.87. The molecule has 4 heteroatoms. The third kappa shape index (κ3) is 3.26. The molecule has 0 N–H and O–H groups in total. The van der Waals surface area contributed by atoms with E-state index in [0.29, 0.717) is 0 Å². The van der Waals surface area contributed by atoms with Crippen molar-refractivity contribution in [1.29, 1.82) is 0 Å². The van der Waals surface area contributed by atoms with Crippen molar-refractivity contribution < 1.29 is 18.4 Å². The van der Waals surface area contributed by atoms with Gasteiger partial charge in [0.05, 0.1) is 16.5 Å². The van der Waals surface area contributed by atoms with Gasteiger partial charge in [-0.3, -0.25) is 9.59 Å². The summed E-state index contributed by atoms with van der Waals surface area (Å²) in [7, 11) is 0. The van der Waals surface area contributed by atoms with Crippen molar-refractivity contribution >= 4 is 17.1 Å². The van der Waals surface area contributed by atoms with Gasteiger partial charge in [0.1, 0.15) is 17.0 Å². The van der Waals surface area contributed by atoms with Crippen molar-refractivity contribution in [3.8, 4) is 11.1 Å². The van der Waals surface area contributed by atoms with Crippen LogP contribution in [0.1, 0.15) is 49.4 Å². The Morgan fingerprint density at radius 3 is 1.47 bits per heavy atom. The summed E-state index contributed by atoms with van der Waals surface area (Å²) in [5.74, 6) is -2.82. The van der Waals surface area contributed by atoms with Crippen molar-refractivity contribution in [3.05, 3.63) is 184 Å². The zero-order chi connectivity index (χ0) is 29.3. The predicted molar refractivity (Wildman–Crippen MR) is 163 cm³/mol. The van der Waals surface area contributed by atoms with Gasteiger partial charge < -0.3 is 0 Å². The first kappa shape index (κ1) is 25.5. The number of carbonyl (C=O) groups is 2. The number of Topliss-reactive ketones (excluding diaryl/α,β-unsaturated/α-hetero) is 2. The largest absolute Gasteiger partial charge is 0.293 e. The molecule has 0 aromatic heterocycles. The van der Waals surface area contributed by atoms with E-state index in [1.807, 2.05) is 42.5 Å². The number of allylic oxidation sites excluding steroid dienone is 4. The molecule has 8 rings (SSSR count). The summed E-state index contributed by atoms with van der Waals surface area (Å²) in [5, 5.41) is 0. The molecule has 0 aliphatic heterocycles. The topological polar surface area (TPSA) is 34.1 Å². The molecule has 5 aromatic rings. The number of carbonyl (C=O) groups excluding carboxylic acids is 2. The lowest BCUT2D eigenvalue weighted by Crippen LogP contribution is -2.42. The second kappa shape index (κ2) is 9.14. The first-order valence-electron chi connectivity index (χ1n) is 14.3. The molecule has 0 heterocycles. The average Bonchev–Trinajstić information content (AvgIpc) is 3.51. The summed E-state index contributed by atoms with van der Waals surface area (Å²) >= 11 is 0. The Labute approximate surface area is 247 Å². The fourth-order valence-corrected chi connectivity index (χ4v) is 7.59. The number of rotatable bonds is 4. The van der Waals surface area contributed by atoms with Gasteiger partial charge in [0.2, 0.25) is 0 Å². The molecule has 0 fully saturated rings. The Morgan fingerprint density at radius 1 is 0.535 bits per heavy atom. The van der Waals surface area contributed by atoms with E-state index in [2.05, 4.69) is 36.4 Å². The van der Waals surface area contributed by atoms with Crippen LogP contribution in [0.15, 0.2) is 139 Å². The maximum atomic E-state index is 15.2. The van der Waals surface area contributed by atoms with Crippen molar-refractivity contribution in [2.75, 3.05) is 0 Å². The molecule has 1 spiro atoms. The normalized spacial score (nSPS) is 16.4. The van der Waals surface area contributed by atoms with Crippen molar-refractivity contribution in [2.24, 2.45) is 5.41 Å². The Bertz CT molecular complexity index is 1980. The molecule has 2 nitrogen and oxygen atoms in total. The van der Waals surface area contributed by atoms with E-state index in [1.54, 1.807) is 18.2 Å². The molecule has 0 saturated carbocycles. The number of fused-ring (bicyclic) bond motifs is 9. The molecule has 0 saturated heterocycles. The minimum absolute atomic E-state index is 0.0312. The number of hydrogen-bond donors (Lipinski definition) is 0. The molecule has 0 radical (unpaired) electrons. The number of ketones is 2. The fourth-order valence-electron chi connectivity index (χ4n) is 7.59. The lowest BCUT2D eigenvalue weighted by Gasteiger charge is -2.39. The summed E-state index contributed by atoms with van der Waals surface area (Å²) in [6, 6.07) is 36.0. The first-order chi connectivity index (χ1) is 21.0. The highest BCUT2D eigenvalue weighted by Crippen LogP contribution is 2.65. The van der Waals surface area contributed by atoms with Gasteiger partial charge >= 0.3 is 0 Å². The molecular formula is C39H24F2O2. The van der Waals surface area contributed by atoms with Gasteiger partial charge in [-0.05, 0) is 75.2 Å². The quantitative estimate of drug-likeness (QED) is 0.162. The molecule has 43 heavy (non-hydrogen) atoms. The van der Waals surface area contributed by atoms with Gasteiger partial charge in [-0.15, -0.1) is 0 Å². The van der Waals surface area contributed by atoms with Gasteiger partial charge in [-0.1, -0.05) is 109 Å². The Balaban J connectivity index is 1.43. The van der Waals surface area contributed by atoms with Crippen LogP contribution < -0.4 is 0 Å². The smallest absolute Gasteiger partial charge is 0.183 e. The summed E-state index contributed by atoms with van der Waals surface area (Å²) in [4.78, 5) is 29.1. The molecule has 3 aliphatic rings. The summed E-state index contributed by atoms with van der Waals surface area (Å²) < 4.78 is 30.5. The van der Waals surface area contributed by atoms with E-state index < -0.39 is 34.0 Å². The maximum absolute atomic E-state index is 15.2. The summed E-state index contributed by atoms with van der Waals surface area (Å²) in [6.07, 6.45) is 3.38. The van der Waals surface area contributed by atoms with Crippen LogP contribution in [0, 0.1) is 17.0 Å². The summed E-state index contributed by atoms with van der Waals surface area (Å²) in [6.45, 7) is 0. The van der Waals surface area contributed by atoms with Gasteiger partial charge in [-0.25, -0.2) is 8.78 Å². The maximum Gasteiger partial charge on any atom is 0.183 e. The van der Waals surface area contributed by atoms with E-state index in [9.17, 15) is 9.59 Å². The van der Waals surface area contributed by atoms with Crippen LogP contribution in [0.3, 0.4) is 0 Å². The molecule has 0 amide bonds. The van der Waals surface area contributed by atoms with Crippen LogP contribution in [-0.2, 0) is 5.41 Å². The highest BCUT2D eigenvalue weighted by molar-refractivity contribution is 6.22. The Kier molecular flexibility index (Phi) is 5.42. The number of hydrogen-bond acceptors (Lipinski definition) is 2. The predicted octanol–water partition coefficient (Wildman–Crippen LogP) is 8.76. The summed E-state index contributed by atoms with van der Waals surface area (Å²) in [5.41, 5.74) is 5.15. The monoisotopic (exact) mass is 562 g/mol. The van der Waals surface area contributed by atoms with Crippen molar-refractivity contribution in [1.82, 2.24) is 0 Å². The van der Waals surface area contributed by atoms with Crippen molar-refractivity contribution in [2.45, 2.75) is 11.8 Å². The SMILES string of the molecule is O=C(c1ccccc1F)C1(C(=O)c2ccccc2F)C=CC2=C(C1)C1(c3ccccc32)c2ccccc2-c2ccccc21. The fraction of sp³-hybridized carbons (Fsp3) is 0.0769. The number of benzene rings is 5. The second-order valence-electron chi connectivity index (χ2n) is 11.4. The zero-order valence-electron chi connectivity index (χ0n) is 23.0. The highest BCUT2D eigenvalue weighted by Gasteiger charge is 2.58. The molecular weight excluding hydrogens is 538 g/mol. The standard InChI is InChI=1S/C39H24F2O2/c40-34-19-9-4-14-28(34)36(42)38(37(43)29-15-5-10-20-35(29)41)22-21-27-26-13-3-8-18-32(26)39(33(27)23-38)30-16-6-1-11-24(30)25-12-2-7-17-31(25)39/h1-22H,23H2. The second-order valence-corrected chi connectivity index (χ2v) is 11.4. The van der Waals surface area contributed by atoms with Crippen LogP contribution in [0.2, 0.25) is 0 Å². The molecule has 5 aromatic carbocycles. The van der Waals surface area contributed by atoms with Gasteiger partial charge in [0, 0.05) is 0 Å². The van der Waals surface area contributed by atoms with Crippen LogP contribution in [0.25, 0.3) is 16.7 Å². The lowest BCUT2D eigenvalue weighted by atomic mass is 9.61. The Morgan fingerprint density at radius 2 is 0.953 bits per heavy atom. The molecule has 0 unspecified atom stereocenters. The van der Waals surface area contributed by atoms with Crippen LogP contribution in [0.4, 0.5) is 8.78 Å². The third-order valence-corrected chi connectivity index (χ3v) is 9.39. The van der Waals surface area contributed by atoms with E-state index in [1.165, 1.54) is 36.4 Å². The lowest BCUT2D eigenvalue weighted by molar-refractivity contribution is 0.0717. The highest BCUT2D eigenvalue weighted by atomic mass is 19.1. The first-order valence-corrected chi connectivity index (χ1v) is 14.3. The molecule has 0 bridgehead atoms.